The summed E-state index contributed by atoms with van der Waals surface area (Å²) in [6, 6.07) is 10.0. The number of benzene rings is 1. The lowest BCUT2D eigenvalue weighted by molar-refractivity contribution is 0.0545. The Morgan fingerprint density at radius 1 is 1.00 bits per heavy atom. The van der Waals surface area contributed by atoms with Crippen LogP contribution >= 0.6 is 0 Å². The van der Waals surface area contributed by atoms with E-state index >= 15 is 0 Å². The molecule has 7 heteroatoms. The molecule has 1 aromatic heterocycles. The molecule has 160 valence electrons. The van der Waals surface area contributed by atoms with Crippen molar-refractivity contribution in [1.82, 2.24) is 15.1 Å². The van der Waals surface area contributed by atoms with Crippen molar-refractivity contribution in [2.75, 3.05) is 38.2 Å². The van der Waals surface area contributed by atoms with Crippen molar-refractivity contribution < 1.29 is 13.9 Å². The summed E-state index contributed by atoms with van der Waals surface area (Å²) < 4.78 is 24.1. The first kappa shape index (κ1) is 19.7. The van der Waals surface area contributed by atoms with Crippen LogP contribution in [0.3, 0.4) is 0 Å². The van der Waals surface area contributed by atoms with Gasteiger partial charge in [0.2, 0.25) is 5.88 Å². The maximum atomic E-state index is 13.0. The maximum Gasteiger partial charge on any atom is 0.238 e. The third kappa shape index (κ3) is 4.73. The molecule has 30 heavy (non-hydrogen) atoms. The van der Waals surface area contributed by atoms with Crippen molar-refractivity contribution in [1.29, 1.82) is 0 Å². The van der Waals surface area contributed by atoms with Crippen LogP contribution in [-0.4, -0.2) is 54.0 Å². The van der Waals surface area contributed by atoms with Gasteiger partial charge in [0.15, 0.2) is 0 Å². The predicted molar refractivity (Wildman–Crippen MR) is 112 cm³/mol. The molecule has 2 aliphatic heterocycles. The minimum absolute atomic E-state index is 0.291. The summed E-state index contributed by atoms with van der Waals surface area (Å²) in [6.07, 6.45) is 4.83. The Morgan fingerprint density at radius 2 is 1.73 bits per heavy atom. The lowest BCUT2D eigenvalue weighted by Gasteiger charge is -2.27. The van der Waals surface area contributed by atoms with Crippen LogP contribution in [0.25, 0.3) is 0 Å². The van der Waals surface area contributed by atoms with Gasteiger partial charge in [-0.25, -0.2) is 4.39 Å². The number of likely N-dealkylation sites (tertiary alicyclic amines) is 1. The van der Waals surface area contributed by atoms with E-state index in [1.54, 1.807) is 18.2 Å². The van der Waals surface area contributed by atoms with Crippen LogP contribution in [0.5, 0.6) is 11.6 Å². The Labute approximate surface area is 176 Å². The molecule has 3 heterocycles. The van der Waals surface area contributed by atoms with Crippen LogP contribution in [0.2, 0.25) is 0 Å². The predicted octanol–water partition coefficient (Wildman–Crippen LogP) is 3.96. The summed E-state index contributed by atoms with van der Waals surface area (Å²) in [4.78, 5) is 2.68. The highest BCUT2D eigenvalue weighted by atomic mass is 19.1. The van der Waals surface area contributed by atoms with E-state index in [0.717, 1.165) is 36.8 Å². The maximum absolute atomic E-state index is 13.0. The van der Waals surface area contributed by atoms with Crippen molar-refractivity contribution in [2.24, 2.45) is 17.8 Å². The van der Waals surface area contributed by atoms with E-state index in [1.807, 2.05) is 6.07 Å². The SMILES string of the molecule is Fc1ccc(Oc2ccc(NC3CC4CN(CC5CCOCC5)C[C@@H]4C3)nn2)cc1. The number of hydrogen-bond acceptors (Lipinski definition) is 6. The number of aromatic nitrogens is 2. The van der Waals surface area contributed by atoms with Crippen LogP contribution in [-0.2, 0) is 4.74 Å². The summed E-state index contributed by atoms with van der Waals surface area (Å²) in [5.41, 5.74) is 0. The fourth-order valence-corrected chi connectivity index (χ4v) is 5.24. The monoisotopic (exact) mass is 412 g/mol. The van der Waals surface area contributed by atoms with Crippen LogP contribution in [0.1, 0.15) is 25.7 Å². The molecule has 0 bridgehead atoms. The molecule has 2 saturated heterocycles. The number of fused-ring (bicyclic) bond motifs is 1. The van der Waals surface area contributed by atoms with Gasteiger partial charge < -0.3 is 19.7 Å². The molecule has 0 amide bonds. The third-order valence-electron chi connectivity index (χ3n) is 6.71. The van der Waals surface area contributed by atoms with Crippen molar-refractivity contribution in [2.45, 2.75) is 31.7 Å². The minimum atomic E-state index is -0.291. The first-order valence-electron chi connectivity index (χ1n) is 11.0. The van der Waals surface area contributed by atoms with Crippen LogP contribution < -0.4 is 10.1 Å². The summed E-state index contributed by atoms with van der Waals surface area (Å²) in [5.74, 6) is 3.83. The fourth-order valence-electron chi connectivity index (χ4n) is 5.24. The molecule has 2 unspecified atom stereocenters. The number of rotatable bonds is 6. The molecule has 1 saturated carbocycles. The van der Waals surface area contributed by atoms with Gasteiger partial charge in [-0.3, -0.25) is 0 Å². The van der Waals surface area contributed by atoms with Gasteiger partial charge >= 0.3 is 0 Å². The van der Waals surface area contributed by atoms with Crippen molar-refractivity contribution >= 4 is 5.82 Å². The normalized spacial score (nSPS) is 27.2. The van der Waals surface area contributed by atoms with Gasteiger partial charge in [-0.15, -0.1) is 10.2 Å². The molecule has 3 atom stereocenters. The third-order valence-corrected chi connectivity index (χ3v) is 6.71. The molecule has 3 fully saturated rings. The first-order chi connectivity index (χ1) is 14.7. The van der Waals surface area contributed by atoms with Gasteiger partial charge in [-0.05, 0) is 73.8 Å². The number of ether oxygens (including phenoxy) is 2. The zero-order valence-electron chi connectivity index (χ0n) is 17.2. The zero-order valence-corrected chi connectivity index (χ0v) is 17.2. The van der Waals surface area contributed by atoms with Crippen LogP contribution in [0.4, 0.5) is 10.2 Å². The topological polar surface area (TPSA) is 59.5 Å². The van der Waals surface area contributed by atoms with Crippen molar-refractivity contribution in [3.8, 4) is 11.6 Å². The lowest BCUT2D eigenvalue weighted by Crippen LogP contribution is -2.32. The number of hydrogen-bond donors (Lipinski definition) is 1. The van der Waals surface area contributed by atoms with E-state index in [-0.39, 0.29) is 5.82 Å². The van der Waals surface area contributed by atoms with Gasteiger partial charge in [0.05, 0.1) is 0 Å². The molecule has 0 radical (unpaired) electrons. The van der Waals surface area contributed by atoms with Gasteiger partial charge in [-0.1, -0.05) is 0 Å². The summed E-state index contributed by atoms with van der Waals surface area (Å²) in [7, 11) is 0. The minimum Gasteiger partial charge on any atom is -0.438 e. The first-order valence-corrected chi connectivity index (χ1v) is 11.0. The van der Waals surface area contributed by atoms with E-state index in [9.17, 15) is 4.39 Å². The largest absolute Gasteiger partial charge is 0.438 e. The molecular formula is C23H29FN4O2. The van der Waals surface area contributed by atoms with E-state index in [0.29, 0.717) is 17.7 Å². The molecule has 0 spiro atoms. The smallest absolute Gasteiger partial charge is 0.238 e. The highest BCUT2D eigenvalue weighted by molar-refractivity contribution is 5.37. The molecular weight excluding hydrogens is 383 g/mol. The van der Waals surface area contributed by atoms with Gasteiger partial charge in [0.1, 0.15) is 17.4 Å². The molecule has 6 nitrogen and oxygen atoms in total. The molecule has 5 rings (SSSR count). The second-order valence-electron chi connectivity index (χ2n) is 8.92. The summed E-state index contributed by atoms with van der Waals surface area (Å²) in [6.45, 7) is 5.58. The Bertz CT molecular complexity index is 812. The average molecular weight is 413 g/mol. The van der Waals surface area contributed by atoms with Crippen LogP contribution in [0, 0.1) is 23.6 Å². The molecule has 1 aliphatic carbocycles. The summed E-state index contributed by atoms with van der Waals surface area (Å²) in [5, 5.41) is 12.0. The molecule has 1 aromatic carbocycles. The van der Waals surface area contributed by atoms with E-state index < -0.39 is 0 Å². The second-order valence-corrected chi connectivity index (χ2v) is 8.92. The number of nitrogens with zero attached hydrogens (tertiary/aromatic N) is 3. The van der Waals surface area contributed by atoms with E-state index in [2.05, 4.69) is 20.4 Å². The summed E-state index contributed by atoms with van der Waals surface area (Å²) >= 11 is 0. The Hall–Kier alpha value is -2.25. The lowest BCUT2D eigenvalue weighted by atomic mass is 10.00. The van der Waals surface area contributed by atoms with Crippen molar-refractivity contribution in [3.05, 3.63) is 42.2 Å². The van der Waals surface area contributed by atoms with Gasteiger partial charge in [0, 0.05) is 45.0 Å². The fraction of sp³-hybridized carbons (Fsp3) is 0.565. The van der Waals surface area contributed by atoms with Gasteiger partial charge in [0.25, 0.3) is 0 Å². The number of nitrogens with one attached hydrogen (secondary N) is 1. The number of halogens is 1. The molecule has 2 aromatic rings. The van der Waals surface area contributed by atoms with E-state index in [4.69, 9.17) is 9.47 Å². The van der Waals surface area contributed by atoms with E-state index in [1.165, 1.54) is 57.5 Å². The molecule has 3 aliphatic rings. The molecule has 1 N–H and O–H groups in total. The Balaban J connectivity index is 1.09. The highest BCUT2D eigenvalue weighted by Crippen LogP contribution is 2.39. The Kier molecular flexibility index (Phi) is 5.82. The number of anilines is 1. The highest BCUT2D eigenvalue weighted by Gasteiger charge is 2.41. The van der Waals surface area contributed by atoms with Crippen LogP contribution in [0.15, 0.2) is 36.4 Å². The van der Waals surface area contributed by atoms with Crippen molar-refractivity contribution in [3.63, 3.8) is 0 Å². The standard InChI is InChI=1S/C23H29FN4O2/c24-19-1-3-21(4-2-19)30-23-6-5-22(26-27-23)25-20-11-17-14-28(15-18(17)12-20)13-16-7-9-29-10-8-16/h1-6,16-18,20H,7-15H2,(H,25,26)/t17-,18?,20?/m0/s1. The average Bonchev–Trinajstić information content (AvgIpc) is 3.30. The zero-order chi connectivity index (χ0) is 20.3. The van der Waals surface area contributed by atoms with Gasteiger partial charge in [-0.2, -0.15) is 0 Å². The Morgan fingerprint density at radius 3 is 2.40 bits per heavy atom. The quantitative estimate of drug-likeness (QED) is 0.775. The second kappa shape index (κ2) is 8.86.